The molecular formula is C13H20N2O. The minimum Gasteiger partial charge on any atom is -0.379 e. The summed E-state index contributed by atoms with van der Waals surface area (Å²) in [7, 11) is 0. The Morgan fingerprint density at radius 3 is 2.44 bits per heavy atom. The molecule has 2 rings (SSSR count). The number of hydrogen-bond acceptors (Lipinski definition) is 3. The van der Waals surface area contributed by atoms with Gasteiger partial charge >= 0.3 is 0 Å². The Hall–Kier alpha value is -0.930. The van der Waals surface area contributed by atoms with Crippen molar-refractivity contribution in [3.8, 4) is 0 Å². The third-order valence-electron chi connectivity index (χ3n) is 3.42. The summed E-state index contributed by atoms with van der Waals surface area (Å²) in [5.74, 6) is 0. The first kappa shape index (κ1) is 11.6. The SMILES string of the molecule is CC(C)(CN)CC1(c2ccncc2)COC1. The van der Waals surface area contributed by atoms with E-state index in [1.54, 1.807) is 0 Å². The second-order valence-electron chi connectivity index (χ2n) is 5.55. The van der Waals surface area contributed by atoms with Crippen LogP contribution in [0.25, 0.3) is 0 Å². The number of ether oxygens (including phenoxy) is 1. The fourth-order valence-electron chi connectivity index (χ4n) is 2.41. The number of nitrogens with two attached hydrogens (primary N) is 1. The number of rotatable bonds is 4. The maximum atomic E-state index is 5.82. The third-order valence-corrected chi connectivity index (χ3v) is 3.42. The molecule has 3 nitrogen and oxygen atoms in total. The number of hydrogen-bond donors (Lipinski definition) is 1. The van der Waals surface area contributed by atoms with Crippen molar-refractivity contribution in [1.29, 1.82) is 0 Å². The molecule has 0 amide bonds. The molecular weight excluding hydrogens is 200 g/mol. The maximum Gasteiger partial charge on any atom is 0.0585 e. The van der Waals surface area contributed by atoms with Crippen LogP contribution in [0.1, 0.15) is 25.8 Å². The second kappa shape index (κ2) is 4.15. The summed E-state index contributed by atoms with van der Waals surface area (Å²) in [6, 6.07) is 4.18. The van der Waals surface area contributed by atoms with Crippen molar-refractivity contribution in [2.75, 3.05) is 19.8 Å². The first-order valence-electron chi connectivity index (χ1n) is 5.76. The summed E-state index contributed by atoms with van der Waals surface area (Å²) in [4.78, 5) is 4.07. The molecule has 1 aromatic rings. The normalized spacial score (nSPS) is 19.2. The quantitative estimate of drug-likeness (QED) is 0.840. The molecule has 1 aliphatic rings. The number of nitrogens with zero attached hydrogens (tertiary/aromatic N) is 1. The van der Waals surface area contributed by atoms with Gasteiger partial charge in [0.05, 0.1) is 13.2 Å². The molecule has 0 unspecified atom stereocenters. The van der Waals surface area contributed by atoms with Crippen molar-refractivity contribution in [3.05, 3.63) is 30.1 Å². The maximum absolute atomic E-state index is 5.82. The van der Waals surface area contributed by atoms with E-state index in [0.717, 1.165) is 19.6 Å². The van der Waals surface area contributed by atoms with Gasteiger partial charge in [0.15, 0.2) is 0 Å². The van der Waals surface area contributed by atoms with E-state index in [1.807, 2.05) is 12.4 Å². The first-order chi connectivity index (χ1) is 7.58. The highest BCUT2D eigenvalue weighted by Crippen LogP contribution is 2.41. The molecule has 2 heterocycles. The molecule has 16 heavy (non-hydrogen) atoms. The van der Waals surface area contributed by atoms with Crippen LogP contribution in [0.3, 0.4) is 0 Å². The highest BCUT2D eigenvalue weighted by atomic mass is 16.5. The van der Waals surface area contributed by atoms with Crippen molar-refractivity contribution in [2.24, 2.45) is 11.1 Å². The highest BCUT2D eigenvalue weighted by Gasteiger charge is 2.43. The number of aromatic nitrogens is 1. The van der Waals surface area contributed by atoms with Crippen LogP contribution in [-0.4, -0.2) is 24.7 Å². The summed E-state index contributed by atoms with van der Waals surface area (Å²) in [5, 5.41) is 0. The summed E-state index contributed by atoms with van der Waals surface area (Å²) in [5.41, 5.74) is 7.46. The minimum absolute atomic E-state index is 0.159. The Morgan fingerprint density at radius 1 is 1.38 bits per heavy atom. The fraction of sp³-hybridized carbons (Fsp3) is 0.615. The molecule has 0 aliphatic carbocycles. The average molecular weight is 220 g/mol. The largest absolute Gasteiger partial charge is 0.379 e. The van der Waals surface area contributed by atoms with E-state index in [4.69, 9.17) is 10.5 Å². The van der Waals surface area contributed by atoms with Gasteiger partial charge in [-0.3, -0.25) is 4.98 Å². The lowest BCUT2D eigenvalue weighted by Gasteiger charge is -2.46. The zero-order chi connectivity index (χ0) is 11.6. The first-order valence-corrected chi connectivity index (χ1v) is 5.76. The van der Waals surface area contributed by atoms with E-state index < -0.39 is 0 Å². The molecule has 88 valence electrons. The van der Waals surface area contributed by atoms with Gasteiger partial charge in [-0.05, 0) is 36.1 Å². The summed E-state index contributed by atoms with van der Waals surface area (Å²) >= 11 is 0. The average Bonchev–Trinajstić information content (AvgIpc) is 2.25. The van der Waals surface area contributed by atoms with Crippen LogP contribution in [0.2, 0.25) is 0 Å². The molecule has 0 saturated carbocycles. The van der Waals surface area contributed by atoms with Crippen LogP contribution in [-0.2, 0) is 10.2 Å². The van der Waals surface area contributed by atoms with Crippen molar-refractivity contribution < 1.29 is 4.74 Å². The van der Waals surface area contributed by atoms with E-state index in [-0.39, 0.29) is 10.8 Å². The monoisotopic (exact) mass is 220 g/mol. The molecule has 0 spiro atoms. The zero-order valence-corrected chi connectivity index (χ0v) is 10.1. The minimum atomic E-state index is 0.159. The molecule has 0 radical (unpaired) electrons. The summed E-state index contributed by atoms with van der Waals surface area (Å²) in [6.07, 6.45) is 4.77. The topological polar surface area (TPSA) is 48.1 Å². The van der Waals surface area contributed by atoms with Crippen LogP contribution >= 0.6 is 0 Å². The van der Waals surface area contributed by atoms with Gasteiger partial charge in [-0.15, -0.1) is 0 Å². The third kappa shape index (κ3) is 2.11. The lowest BCUT2D eigenvalue weighted by Crippen LogP contribution is -2.50. The van der Waals surface area contributed by atoms with E-state index in [9.17, 15) is 0 Å². The van der Waals surface area contributed by atoms with Gasteiger partial charge in [0, 0.05) is 17.8 Å². The molecule has 0 aromatic carbocycles. The molecule has 1 aromatic heterocycles. The van der Waals surface area contributed by atoms with Crippen molar-refractivity contribution in [3.63, 3.8) is 0 Å². The van der Waals surface area contributed by atoms with Crippen LogP contribution < -0.4 is 5.73 Å². The van der Waals surface area contributed by atoms with Crippen molar-refractivity contribution in [1.82, 2.24) is 4.98 Å². The van der Waals surface area contributed by atoms with Gasteiger partial charge in [-0.25, -0.2) is 0 Å². The van der Waals surface area contributed by atoms with Crippen molar-refractivity contribution >= 4 is 0 Å². The molecule has 0 bridgehead atoms. The van der Waals surface area contributed by atoms with Crippen molar-refractivity contribution in [2.45, 2.75) is 25.7 Å². The van der Waals surface area contributed by atoms with Crippen LogP contribution in [0.4, 0.5) is 0 Å². The Kier molecular flexibility index (Phi) is 3.00. The van der Waals surface area contributed by atoms with E-state index in [2.05, 4.69) is 31.0 Å². The van der Waals surface area contributed by atoms with Gasteiger partial charge < -0.3 is 10.5 Å². The second-order valence-corrected chi connectivity index (χ2v) is 5.55. The van der Waals surface area contributed by atoms with Gasteiger partial charge in [-0.2, -0.15) is 0 Å². The molecule has 1 aliphatic heterocycles. The smallest absolute Gasteiger partial charge is 0.0585 e. The Balaban J connectivity index is 2.21. The van der Waals surface area contributed by atoms with E-state index in [1.165, 1.54) is 5.56 Å². The van der Waals surface area contributed by atoms with Gasteiger partial charge in [0.2, 0.25) is 0 Å². The molecule has 1 fully saturated rings. The standard InChI is InChI=1S/C13H20N2O/c1-12(2,8-14)7-13(9-16-10-13)11-3-5-15-6-4-11/h3-6H,7-10,14H2,1-2H3. The molecule has 1 saturated heterocycles. The Bertz CT molecular complexity index is 344. The Morgan fingerprint density at radius 2 is 2.00 bits per heavy atom. The van der Waals surface area contributed by atoms with Crippen LogP contribution in [0.5, 0.6) is 0 Å². The van der Waals surface area contributed by atoms with E-state index >= 15 is 0 Å². The highest BCUT2D eigenvalue weighted by molar-refractivity contribution is 5.26. The summed E-state index contributed by atoms with van der Waals surface area (Å²) in [6.45, 7) is 6.75. The molecule has 2 N–H and O–H groups in total. The number of pyridine rings is 1. The van der Waals surface area contributed by atoms with Gasteiger partial charge in [0.25, 0.3) is 0 Å². The zero-order valence-electron chi connectivity index (χ0n) is 10.1. The molecule has 0 atom stereocenters. The van der Waals surface area contributed by atoms with E-state index in [0.29, 0.717) is 6.54 Å². The van der Waals surface area contributed by atoms with Crippen LogP contribution in [0.15, 0.2) is 24.5 Å². The fourth-order valence-corrected chi connectivity index (χ4v) is 2.41. The van der Waals surface area contributed by atoms with Crippen LogP contribution in [0, 0.1) is 5.41 Å². The lowest BCUT2D eigenvalue weighted by atomic mass is 9.68. The molecule has 3 heteroatoms. The lowest BCUT2D eigenvalue weighted by molar-refractivity contribution is -0.0786. The predicted octanol–water partition coefficient (Wildman–Crippen LogP) is 1.72. The van der Waals surface area contributed by atoms with Gasteiger partial charge in [0.1, 0.15) is 0 Å². The van der Waals surface area contributed by atoms with Gasteiger partial charge in [-0.1, -0.05) is 13.8 Å². The summed E-state index contributed by atoms with van der Waals surface area (Å²) < 4.78 is 5.42. The Labute approximate surface area is 97.0 Å². The predicted molar refractivity (Wildman–Crippen MR) is 64.2 cm³/mol.